The number of esters is 1. The zero-order valence-electron chi connectivity index (χ0n) is 29.1. The van der Waals surface area contributed by atoms with E-state index in [0.717, 1.165) is 39.1 Å². The first-order valence-corrected chi connectivity index (χ1v) is 16.4. The van der Waals surface area contributed by atoms with Crippen LogP contribution >= 0.6 is 0 Å². The van der Waals surface area contributed by atoms with Crippen molar-refractivity contribution in [1.29, 1.82) is 0 Å². The number of hydrogen-bond acceptors (Lipinski definition) is 9. The number of Topliss-reactive ketones (excluding diaryl/α,β-unsaturated/α-hetero) is 1. The van der Waals surface area contributed by atoms with E-state index in [1.54, 1.807) is 28.4 Å². The van der Waals surface area contributed by atoms with Crippen LogP contribution in [0.5, 0.6) is 23.0 Å². The highest BCUT2D eigenvalue weighted by molar-refractivity contribution is 5.89. The quantitative estimate of drug-likeness (QED) is 0.193. The van der Waals surface area contributed by atoms with Gasteiger partial charge in [-0.05, 0) is 90.6 Å². The summed E-state index contributed by atoms with van der Waals surface area (Å²) in [5.41, 5.74) is 11.6. The minimum Gasteiger partial charge on any atom is -0.496 e. The molecule has 0 fully saturated rings. The number of aliphatic hydroxyl groups excluding tert-OH is 1. The molecule has 0 saturated heterocycles. The zero-order chi connectivity index (χ0) is 35.0. The normalized spacial score (nSPS) is 16.1. The minimum absolute atomic E-state index is 0.112. The van der Waals surface area contributed by atoms with E-state index in [4.69, 9.17) is 29.4 Å². The van der Waals surface area contributed by atoms with Crippen molar-refractivity contribution in [2.75, 3.05) is 28.4 Å². The fraction of sp³-hybridized carbons (Fsp3) is 0.436. The van der Waals surface area contributed by atoms with Gasteiger partial charge < -0.3 is 34.5 Å². The molecule has 0 aliphatic heterocycles. The van der Waals surface area contributed by atoms with Gasteiger partial charge in [-0.3, -0.25) is 9.59 Å². The number of ketones is 1. The Morgan fingerprint density at radius 3 is 2.21 bits per heavy atom. The number of hydrogen-bond donors (Lipinski definition) is 2. The molecular weight excluding hydrogens is 610 g/mol. The molecule has 0 saturated carbocycles. The third kappa shape index (κ3) is 8.57. The number of methoxy groups -OCH3 is 4. The number of carbonyl (C=O) groups is 2. The second-order valence-corrected chi connectivity index (χ2v) is 12.7. The third-order valence-electron chi connectivity index (χ3n) is 8.81. The van der Waals surface area contributed by atoms with Crippen LogP contribution in [-0.4, -0.2) is 63.5 Å². The first-order chi connectivity index (χ1) is 23.0. The molecule has 0 radical (unpaired) electrons. The first-order valence-electron chi connectivity index (χ1n) is 16.4. The average Bonchev–Trinajstić information content (AvgIpc) is 3.25. The number of aryl methyl sites for hydroxylation is 1. The zero-order valence-corrected chi connectivity index (χ0v) is 29.1. The fourth-order valence-corrected chi connectivity index (χ4v) is 6.42. The predicted molar refractivity (Wildman–Crippen MR) is 186 cm³/mol. The molecule has 0 amide bonds. The molecule has 3 unspecified atom stereocenters. The molecule has 9 heteroatoms. The summed E-state index contributed by atoms with van der Waals surface area (Å²) in [7, 11) is 6.37. The van der Waals surface area contributed by atoms with Gasteiger partial charge in [-0.1, -0.05) is 50.2 Å². The standard InChI is InChI=1S/C39H49NO8/c1-23(2)17-27(20-33(41)36(42)32(40)19-25-11-9-8-10-12-25)39(43)48-28-14-15-29-31(22-35(45-5)38(47-7)37(29)46-6)30(21-28)26-13-16-34(44-4)24(3)18-26/h8-13,16,18,21-23,27-28,32,36,42H,14-15,17,19-20,40H2,1-7H3/t27?,28-,32?,36?/m0/s1. The summed E-state index contributed by atoms with van der Waals surface area (Å²) >= 11 is 0. The maximum atomic E-state index is 13.9. The second kappa shape index (κ2) is 16.7. The first kappa shape index (κ1) is 36.5. The molecule has 0 bridgehead atoms. The van der Waals surface area contributed by atoms with Crippen LogP contribution in [0.3, 0.4) is 0 Å². The van der Waals surface area contributed by atoms with Crippen molar-refractivity contribution < 1.29 is 38.4 Å². The summed E-state index contributed by atoms with van der Waals surface area (Å²) in [6.07, 6.45) is 1.53. The summed E-state index contributed by atoms with van der Waals surface area (Å²) in [6.45, 7) is 5.95. The smallest absolute Gasteiger partial charge is 0.309 e. The van der Waals surface area contributed by atoms with Gasteiger partial charge in [0.15, 0.2) is 17.3 Å². The molecule has 4 rings (SSSR count). The van der Waals surface area contributed by atoms with Gasteiger partial charge in [0.05, 0.1) is 34.4 Å². The number of fused-ring (bicyclic) bond motifs is 1. The second-order valence-electron chi connectivity index (χ2n) is 12.7. The lowest BCUT2D eigenvalue weighted by Crippen LogP contribution is -2.43. The number of carbonyl (C=O) groups excluding carboxylic acids is 2. The van der Waals surface area contributed by atoms with Crippen LogP contribution in [0, 0.1) is 18.8 Å². The van der Waals surface area contributed by atoms with Crippen LogP contribution in [0.15, 0.2) is 60.7 Å². The maximum Gasteiger partial charge on any atom is 0.309 e. The third-order valence-corrected chi connectivity index (χ3v) is 8.81. The Labute approximate surface area is 284 Å². The van der Waals surface area contributed by atoms with Crippen LogP contribution in [0.4, 0.5) is 0 Å². The monoisotopic (exact) mass is 659 g/mol. The highest BCUT2D eigenvalue weighted by Crippen LogP contribution is 2.47. The van der Waals surface area contributed by atoms with Crippen molar-refractivity contribution in [2.45, 2.75) is 71.1 Å². The lowest BCUT2D eigenvalue weighted by molar-refractivity contribution is -0.154. The summed E-state index contributed by atoms with van der Waals surface area (Å²) in [6, 6.07) is 16.5. The summed E-state index contributed by atoms with van der Waals surface area (Å²) in [5, 5.41) is 10.8. The molecule has 0 aromatic heterocycles. The highest BCUT2D eigenvalue weighted by Gasteiger charge is 2.33. The van der Waals surface area contributed by atoms with Gasteiger partial charge >= 0.3 is 5.97 Å². The number of aliphatic hydroxyl groups is 1. The van der Waals surface area contributed by atoms with Gasteiger partial charge in [-0.2, -0.15) is 0 Å². The van der Waals surface area contributed by atoms with Crippen LogP contribution < -0.4 is 24.7 Å². The van der Waals surface area contributed by atoms with Crippen molar-refractivity contribution >= 4 is 17.3 Å². The van der Waals surface area contributed by atoms with Crippen molar-refractivity contribution in [3.05, 3.63) is 88.5 Å². The van der Waals surface area contributed by atoms with E-state index in [0.29, 0.717) is 42.9 Å². The van der Waals surface area contributed by atoms with Gasteiger partial charge in [0.2, 0.25) is 5.75 Å². The number of rotatable bonds is 15. The van der Waals surface area contributed by atoms with Crippen LogP contribution in [0.25, 0.3) is 5.57 Å². The van der Waals surface area contributed by atoms with Crippen molar-refractivity contribution in [2.24, 2.45) is 17.6 Å². The summed E-state index contributed by atoms with van der Waals surface area (Å²) < 4.78 is 29.0. The molecule has 1 aliphatic rings. The molecule has 3 aromatic rings. The summed E-state index contributed by atoms with van der Waals surface area (Å²) in [4.78, 5) is 27.1. The Bertz CT molecular complexity index is 1600. The minimum atomic E-state index is -1.40. The molecule has 258 valence electrons. The Hall–Kier alpha value is -4.34. The highest BCUT2D eigenvalue weighted by atomic mass is 16.5. The lowest BCUT2D eigenvalue weighted by atomic mass is 9.89. The molecule has 0 heterocycles. The van der Waals surface area contributed by atoms with Gasteiger partial charge in [0, 0.05) is 18.0 Å². The maximum absolute atomic E-state index is 13.9. The van der Waals surface area contributed by atoms with Gasteiger partial charge in [-0.25, -0.2) is 0 Å². The lowest BCUT2D eigenvalue weighted by Gasteiger charge is -2.23. The number of nitrogens with two attached hydrogens (primary N) is 1. The number of ether oxygens (including phenoxy) is 5. The van der Waals surface area contributed by atoms with E-state index in [2.05, 4.69) is 0 Å². The molecule has 1 aliphatic carbocycles. The average molecular weight is 660 g/mol. The Balaban J connectivity index is 1.65. The van der Waals surface area contributed by atoms with Crippen molar-refractivity contribution in [3.8, 4) is 23.0 Å². The Morgan fingerprint density at radius 2 is 1.60 bits per heavy atom. The van der Waals surface area contributed by atoms with E-state index < -0.39 is 35.9 Å². The van der Waals surface area contributed by atoms with E-state index >= 15 is 0 Å². The molecule has 9 nitrogen and oxygen atoms in total. The van der Waals surface area contributed by atoms with Crippen molar-refractivity contribution in [3.63, 3.8) is 0 Å². The van der Waals surface area contributed by atoms with Crippen LogP contribution in [0.1, 0.15) is 60.9 Å². The van der Waals surface area contributed by atoms with Gasteiger partial charge in [-0.15, -0.1) is 0 Å². The van der Waals surface area contributed by atoms with Gasteiger partial charge in [0.1, 0.15) is 18.0 Å². The molecular formula is C39H49NO8. The Kier molecular flexibility index (Phi) is 12.7. The van der Waals surface area contributed by atoms with Gasteiger partial charge in [0.25, 0.3) is 0 Å². The molecule has 0 spiro atoms. The fourth-order valence-electron chi connectivity index (χ4n) is 6.42. The van der Waals surface area contributed by atoms with E-state index in [1.165, 1.54) is 0 Å². The van der Waals surface area contributed by atoms with E-state index in [9.17, 15) is 14.7 Å². The predicted octanol–water partition coefficient (Wildman–Crippen LogP) is 5.87. The topological polar surface area (TPSA) is 127 Å². The molecule has 48 heavy (non-hydrogen) atoms. The largest absolute Gasteiger partial charge is 0.496 e. The molecule has 3 aromatic carbocycles. The van der Waals surface area contributed by atoms with E-state index in [-0.39, 0.29) is 12.3 Å². The van der Waals surface area contributed by atoms with Crippen molar-refractivity contribution in [1.82, 2.24) is 0 Å². The SMILES string of the molecule is COc1ccc(C2=C[C@@H](OC(=O)C(CC(=O)C(O)C(N)Cc3ccccc3)CC(C)C)CCc3c2cc(OC)c(OC)c3OC)cc1C. The van der Waals surface area contributed by atoms with Crippen LogP contribution in [-0.2, 0) is 27.2 Å². The van der Waals surface area contributed by atoms with Crippen LogP contribution in [0.2, 0.25) is 0 Å². The molecule has 4 atom stereocenters. The van der Waals surface area contributed by atoms with E-state index in [1.807, 2.05) is 81.4 Å². The molecule has 3 N–H and O–H groups in total. The number of benzene rings is 3. The summed E-state index contributed by atoms with van der Waals surface area (Å²) in [5.74, 6) is 0.729. The Morgan fingerprint density at radius 1 is 0.917 bits per heavy atom.